The Balaban J connectivity index is 0.936. The predicted octanol–water partition coefficient (Wildman–Crippen LogP) is 5.94. The molecule has 1 aromatic heterocycles. The topological polar surface area (TPSA) is 181 Å². The highest BCUT2D eigenvalue weighted by atomic mass is 16.5. The van der Waals surface area contributed by atoms with E-state index in [-0.39, 0.29) is 42.0 Å². The number of anilines is 1. The van der Waals surface area contributed by atoms with Crippen molar-refractivity contribution < 1.29 is 29.6 Å². The van der Waals surface area contributed by atoms with Crippen LogP contribution in [0.1, 0.15) is 75.0 Å². The van der Waals surface area contributed by atoms with Crippen molar-refractivity contribution in [3.05, 3.63) is 94.3 Å². The first-order chi connectivity index (χ1) is 26.6. The Morgan fingerprint density at radius 3 is 2.44 bits per heavy atom. The van der Waals surface area contributed by atoms with Gasteiger partial charge in [-0.1, -0.05) is 48.5 Å². The normalized spacial score (nSPS) is 20.6. The lowest BCUT2D eigenvalue weighted by Gasteiger charge is -2.35. The van der Waals surface area contributed by atoms with Crippen molar-refractivity contribution in [1.29, 1.82) is 0 Å². The van der Waals surface area contributed by atoms with Gasteiger partial charge in [0.25, 0.3) is 0 Å². The number of fused-ring (bicyclic) bond motifs is 1. The van der Waals surface area contributed by atoms with E-state index in [1.54, 1.807) is 29.0 Å². The molecule has 55 heavy (non-hydrogen) atoms. The van der Waals surface area contributed by atoms with Crippen LogP contribution >= 0.6 is 0 Å². The van der Waals surface area contributed by atoms with E-state index in [0.717, 1.165) is 81.0 Å². The maximum absolute atomic E-state index is 13.0. The zero-order chi connectivity index (χ0) is 38.9. The molecule has 12 heteroatoms. The van der Waals surface area contributed by atoms with E-state index in [4.69, 9.17) is 10.5 Å². The quantitative estimate of drug-likeness (QED) is 0.0856. The molecule has 2 saturated carbocycles. The van der Waals surface area contributed by atoms with E-state index >= 15 is 0 Å². The van der Waals surface area contributed by atoms with E-state index in [2.05, 4.69) is 16.4 Å². The third kappa shape index (κ3) is 10.3. The molecule has 0 spiro atoms. The van der Waals surface area contributed by atoms with Crippen molar-refractivity contribution >= 4 is 28.6 Å². The van der Waals surface area contributed by atoms with Crippen molar-refractivity contribution in [2.75, 3.05) is 38.2 Å². The van der Waals surface area contributed by atoms with Crippen LogP contribution in [0.25, 0.3) is 22.0 Å². The number of nitrogens with two attached hydrogens (primary N) is 1. The lowest BCUT2D eigenvalue weighted by Crippen LogP contribution is -2.44. The van der Waals surface area contributed by atoms with Crippen LogP contribution < -0.4 is 21.5 Å². The first-order valence-corrected chi connectivity index (χ1v) is 19.6. The van der Waals surface area contributed by atoms with Crippen molar-refractivity contribution in [2.45, 2.75) is 88.5 Å². The van der Waals surface area contributed by atoms with E-state index in [9.17, 15) is 29.7 Å². The maximum atomic E-state index is 13.0. The van der Waals surface area contributed by atoms with Crippen LogP contribution in [0.2, 0.25) is 0 Å². The van der Waals surface area contributed by atoms with E-state index in [0.29, 0.717) is 47.6 Å². The van der Waals surface area contributed by atoms with Crippen LogP contribution in [-0.2, 0) is 16.0 Å². The number of pyridine rings is 1. The average molecular weight is 754 g/mol. The van der Waals surface area contributed by atoms with Crippen LogP contribution in [-0.4, -0.2) is 88.7 Å². The lowest BCUT2D eigenvalue weighted by molar-refractivity contribution is -0.137. The summed E-state index contributed by atoms with van der Waals surface area (Å²) >= 11 is 0. The first-order valence-electron chi connectivity index (χ1n) is 19.6. The Morgan fingerprint density at radius 2 is 1.71 bits per heavy atom. The molecule has 2 aliphatic carbocycles. The van der Waals surface area contributed by atoms with Crippen LogP contribution in [0, 0.1) is 5.92 Å². The number of nitrogens with one attached hydrogen (secondary N) is 2. The number of likely N-dealkylation sites (N-methyl/N-ethyl adjacent to an activating group) is 1. The number of nitrogens with zero attached hydrogens (tertiary/aromatic N) is 2. The van der Waals surface area contributed by atoms with E-state index in [1.807, 2.05) is 42.5 Å². The standard InChI is InChI=1S/C43H55N5O7/c1-47(23-5-6-28-11-18-34(30-7-3-2-4-8-30)37(24-28)48(43(53)54)32-14-12-31(44)13-15-32)41(52)27-55-33-16-9-29(10-17-33)25-45-26-39(50)35-19-21-38(49)42-36(35)20-22-40(51)46-42/h2-4,7-8,11,18-22,24,29,31-33,39,45,49-50H,5-6,9-10,12-17,23,25-27,44H2,1H3,(H,46,51)(H,53,54)/t29?,31?,32?,33?,39-/m1/s1. The second-order valence-corrected chi connectivity index (χ2v) is 15.3. The van der Waals surface area contributed by atoms with Crippen molar-refractivity contribution in [1.82, 2.24) is 15.2 Å². The van der Waals surface area contributed by atoms with Crippen LogP contribution in [0.4, 0.5) is 10.5 Å². The highest BCUT2D eigenvalue weighted by Crippen LogP contribution is 2.37. The zero-order valence-electron chi connectivity index (χ0n) is 31.7. The number of amides is 2. The number of aromatic amines is 1. The minimum Gasteiger partial charge on any atom is -0.506 e. The van der Waals surface area contributed by atoms with Gasteiger partial charge in [-0.3, -0.25) is 14.5 Å². The molecule has 3 aromatic carbocycles. The molecule has 0 bridgehead atoms. The predicted molar refractivity (Wildman–Crippen MR) is 214 cm³/mol. The fourth-order valence-electron chi connectivity index (χ4n) is 8.14. The average Bonchev–Trinajstić information content (AvgIpc) is 3.19. The van der Waals surface area contributed by atoms with Gasteiger partial charge in [-0.05, 0) is 112 Å². The third-order valence-electron chi connectivity index (χ3n) is 11.4. The summed E-state index contributed by atoms with van der Waals surface area (Å²) in [5.74, 6) is 0.341. The molecule has 294 valence electrons. The summed E-state index contributed by atoms with van der Waals surface area (Å²) < 4.78 is 6.06. The summed E-state index contributed by atoms with van der Waals surface area (Å²) in [6.45, 7) is 1.69. The van der Waals surface area contributed by atoms with Gasteiger partial charge < -0.3 is 41.0 Å². The molecule has 2 aliphatic rings. The van der Waals surface area contributed by atoms with Crippen LogP contribution in [0.5, 0.6) is 5.75 Å². The number of benzene rings is 3. The summed E-state index contributed by atoms with van der Waals surface area (Å²) in [5.41, 5.74) is 10.4. The molecule has 2 fully saturated rings. The molecular weight excluding hydrogens is 699 g/mol. The number of carbonyl (C=O) groups excluding carboxylic acids is 1. The number of ether oxygens (including phenoxy) is 1. The minimum atomic E-state index is -0.956. The highest BCUT2D eigenvalue weighted by Gasteiger charge is 2.31. The molecular formula is C43H55N5O7. The number of aromatic nitrogens is 1. The number of aryl methyl sites for hydroxylation is 1. The Kier molecular flexibility index (Phi) is 13.6. The van der Waals surface area contributed by atoms with Crippen molar-refractivity contribution in [3.63, 3.8) is 0 Å². The number of hydrogen-bond donors (Lipinski definition) is 6. The summed E-state index contributed by atoms with van der Waals surface area (Å²) in [7, 11) is 1.80. The largest absolute Gasteiger partial charge is 0.506 e. The second kappa shape index (κ2) is 18.7. The van der Waals surface area contributed by atoms with Gasteiger partial charge >= 0.3 is 6.09 Å². The van der Waals surface area contributed by atoms with Crippen molar-refractivity contribution in [2.24, 2.45) is 11.7 Å². The number of aromatic hydroxyl groups is 1. The molecule has 2 amide bonds. The van der Waals surface area contributed by atoms with E-state index < -0.39 is 12.2 Å². The Morgan fingerprint density at radius 1 is 0.964 bits per heavy atom. The molecule has 0 aliphatic heterocycles. The Hall–Kier alpha value is -4.75. The van der Waals surface area contributed by atoms with E-state index in [1.165, 1.54) is 12.1 Å². The lowest BCUT2D eigenvalue weighted by atomic mass is 9.87. The molecule has 12 nitrogen and oxygen atoms in total. The zero-order valence-corrected chi connectivity index (χ0v) is 31.7. The first kappa shape index (κ1) is 39.9. The Labute approximate surface area is 322 Å². The monoisotopic (exact) mass is 753 g/mol. The summed E-state index contributed by atoms with van der Waals surface area (Å²) in [6.07, 6.45) is 6.42. The summed E-state index contributed by atoms with van der Waals surface area (Å²) in [5, 5.41) is 35.4. The molecule has 6 rings (SSSR count). The molecule has 1 heterocycles. The fourth-order valence-corrected chi connectivity index (χ4v) is 8.14. The summed E-state index contributed by atoms with van der Waals surface area (Å²) in [6, 6.07) is 22.1. The molecule has 0 radical (unpaired) electrons. The number of rotatable bonds is 15. The van der Waals surface area contributed by atoms with Gasteiger partial charge in [-0.15, -0.1) is 0 Å². The van der Waals surface area contributed by atoms with Gasteiger partial charge in [0.1, 0.15) is 12.4 Å². The van der Waals surface area contributed by atoms with Gasteiger partial charge in [0.2, 0.25) is 11.5 Å². The number of aliphatic hydroxyl groups is 1. The SMILES string of the molecule is CN(CCCc1ccc(-c2ccccc2)c(N(C(=O)O)C2CCC(N)CC2)c1)C(=O)COC1CCC(CNC[C@@H](O)c2ccc(O)c3[nH]c(=O)ccc23)CC1. The van der Waals surface area contributed by atoms with Crippen molar-refractivity contribution in [3.8, 4) is 16.9 Å². The number of hydrogen-bond acceptors (Lipinski definition) is 8. The number of aliphatic hydroxyl groups excluding tert-OH is 1. The number of H-pyrrole nitrogens is 1. The highest BCUT2D eigenvalue weighted by molar-refractivity contribution is 5.94. The van der Waals surface area contributed by atoms with Gasteiger partial charge in [0.05, 0.1) is 23.4 Å². The van der Waals surface area contributed by atoms with Gasteiger partial charge in [-0.25, -0.2) is 4.79 Å². The number of phenols is 1. The Bertz CT molecular complexity index is 1950. The number of carboxylic acid groups (broad SMARTS) is 1. The second-order valence-electron chi connectivity index (χ2n) is 15.3. The molecule has 0 saturated heterocycles. The van der Waals surface area contributed by atoms with Gasteiger partial charge in [-0.2, -0.15) is 0 Å². The molecule has 4 aromatic rings. The summed E-state index contributed by atoms with van der Waals surface area (Å²) in [4.78, 5) is 43.3. The number of phenolic OH excluding ortho intramolecular Hbond substituents is 1. The van der Waals surface area contributed by atoms with Gasteiger partial charge in [0, 0.05) is 49.2 Å². The van der Waals surface area contributed by atoms with Crippen LogP contribution in [0.3, 0.4) is 0 Å². The van der Waals surface area contributed by atoms with Gasteiger partial charge in [0.15, 0.2) is 0 Å². The molecule has 1 atom stereocenters. The number of carbonyl (C=O) groups is 2. The minimum absolute atomic E-state index is 0.0309. The maximum Gasteiger partial charge on any atom is 0.412 e. The fraction of sp³-hybridized carbons (Fsp3) is 0.465. The smallest absolute Gasteiger partial charge is 0.412 e. The third-order valence-corrected chi connectivity index (χ3v) is 11.4. The van der Waals surface area contributed by atoms with Crippen LogP contribution in [0.15, 0.2) is 77.6 Å². The molecule has 0 unspecified atom stereocenters. The molecule has 7 N–H and O–H groups in total.